The number of carbonyl (C=O) groups is 1. The fourth-order valence-electron chi connectivity index (χ4n) is 5.54. The van der Waals surface area contributed by atoms with E-state index in [2.05, 4.69) is 5.32 Å². The third kappa shape index (κ3) is 14.1. The molecule has 0 aliphatic carbocycles. The molecule has 5 rings (SSSR count). The third-order valence-corrected chi connectivity index (χ3v) is 8.70. The fourth-order valence-corrected chi connectivity index (χ4v) is 6.15. The summed E-state index contributed by atoms with van der Waals surface area (Å²) in [6.07, 6.45) is 0.626. The quantitative estimate of drug-likeness (QED) is 0.0810. The van der Waals surface area contributed by atoms with Crippen molar-refractivity contribution in [2.45, 2.75) is 50.8 Å². The largest absolute Gasteiger partial charge is 0.445 e. The summed E-state index contributed by atoms with van der Waals surface area (Å²) in [5, 5.41) is 2.97. The highest BCUT2D eigenvalue weighted by Crippen LogP contribution is 2.23. The number of alkyl carbamates (subject to hydrolysis) is 1. The van der Waals surface area contributed by atoms with Crippen LogP contribution in [0.3, 0.4) is 0 Å². The maximum atomic E-state index is 13.5. The minimum atomic E-state index is -4.04. The first-order valence-electron chi connectivity index (χ1n) is 17.3. The highest BCUT2D eigenvalue weighted by molar-refractivity contribution is 7.86. The van der Waals surface area contributed by atoms with Gasteiger partial charge in [0.25, 0.3) is 10.1 Å². The molecule has 0 unspecified atom stereocenters. The number of ether oxygens (including phenoxy) is 4. The van der Waals surface area contributed by atoms with Crippen LogP contribution in [0.5, 0.6) is 0 Å². The Balaban J connectivity index is 1.53. The van der Waals surface area contributed by atoms with Gasteiger partial charge >= 0.3 is 6.09 Å². The SMILES string of the molecule is CS(=O)(=O)O[C@H](COCc1ccccc1)[C@@H](OCc1ccccc1)[C@H](OCc1ccccc1)[C@@H](/C=C\c1ccccc1)NC(=O)OCc1ccccc1. The van der Waals surface area contributed by atoms with Crippen LogP contribution in [0.1, 0.15) is 27.8 Å². The van der Waals surface area contributed by atoms with Crippen LogP contribution in [-0.2, 0) is 59.7 Å². The highest BCUT2D eigenvalue weighted by Gasteiger charge is 2.40. The van der Waals surface area contributed by atoms with Gasteiger partial charge in [0.2, 0.25) is 0 Å². The zero-order valence-corrected chi connectivity index (χ0v) is 30.4. The molecule has 4 atom stereocenters. The van der Waals surface area contributed by atoms with Crippen LogP contribution in [0.15, 0.2) is 158 Å². The number of rotatable bonds is 20. The van der Waals surface area contributed by atoms with E-state index in [0.29, 0.717) is 0 Å². The van der Waals surface area contributed by atoms with E-state index in [-0.39, 0.29) is 33.0 Å². The minimum Gasteiger partial charge on any atom is -0.445 e. The number of carbonyl (C=O) groups excluding carboxylic acids is 1. The van der Waals surface area contributed by atoms with E-state index in [4.69, 9.17) is 23.1 Å². The zero-order valence-electron chi connectivity index (χ0n) is 29.6. The Hall–Kier alpha value is -5.10. The van der Waals surface area contributed by atoms with E-state index >= 15 is 0 Å². The van der Waals surface area contributed by atoms with Crippen LogP contribution in [0.25, 0.3) is 6.08 Å². The summed E-state index contributed by atoms with van der Waals surface area (Å²) in [6, 6.07) is 46.6. The molecule has 5 aromatic rings. The molecule has 5 aromatic carbocycles. The molecule has 0 radical (unpaired) electrons. The lowest BCUT2D eigenvalue weighted by molar-refractivity contribution is -0.144. The van der Waals surface area contributed by atoms with Gasteiger partial charge in [0.15, 0.2) is 0 Å². The van der Waals surface area contributed by atoms with Crippen molar-refractivity contribution in [2.75, 3.05) is 12.9 Å². The van der Waals surface area contributed by atoms with Crippen molar-refractivity contribution < 1.29 is 36.3 Å². The summed E-state index contributed by atoms with van der Waals surface area (Å²) in [7, 11) is -4.04. The average molecular weight is 736 g/mol. The van der Waals surface area contributed by atoms with Gasteiger partial charge in [-0.05, 0) is 27.8 Å². The molecule has 0 heterocycles. The molecular weight excluding hydrogens is 691 g/mol. The Morgan fingerprint density at radius 2 is 1.04 bits per heavy atom. The summed E-state index contributed by atoms with van der Waals surface area (Å²) in [5.41, 5.74) is 4.29. The molecule has 0 aromatic heterocycles. The van der Waals surface area contributed by atoms with E-state index < -0.39 is 40.6 Å². The standard InChI is InChI=1S/C43H45NO8S/c1-53(46,47)52-40(33-48-29-35-19-9-3-10-20-35)42(50-31-37-23-13-5-14-24-37)41(49-30-36-21-11-4-12-22-36)39(28-27-34-17-7-2-8-18-34)44-43(45)51-32-38-25-15-6-16-26-38/h2-28,39-42H,29-33H2,1H3,(H,44,45)/b28-27-/t39-,40-,41-,42-/m1/s1. The maximum absolute atomic E-state index is 13.5. The normalized spacial score (nSPS) is 13.9. The van der Waals surface area contributed by atoms with Gasteiger partial charge in [-0.2, -0.15) is 8.42 Å². The van der Waals surface area contributed by atoms with E-state index in [9.17, 15) is 13.2 Å². The number of nitrogens with one attached hydrogen (secondary N) is 1. The second kappa shape index (κ2) is 20.8. The lowest BCUT2D eigenvalue weighted by atomic mass is 9.99. The average Bonchev–Trinajstić information content (AvgIpc) is 3.18. The maximum Gasteiger partial charge on any atom is 0.408 e. The second-order valence-electron chi connectivity index (χ2n) is 12.4. The number of benzene rings is 5. The molecule has 1 N–H and O–H groups in total. The van der Waals surface area contributed by atoms with Crippen molar-refractivity contribution in [3.63, 3.8) is 0 Å². The van der Waals surface area contributed by atoms with Crippen LogP contribution in [-0.4, -0.2) is 51.7 Å². The molecule has 0 spiro atoms. The van der Waals surface area contributed by atoms with E-state index in [1.54, 1.807) is 6.08 Å². The first-order valence-corrected chi connectivity index (χ1v) is 19.2. The third-order valence-electron chi connectivity index (χ3n) is 8.10. The summed E-state index contributed by atoms with van der Waals surface area (Å²) in [4.78, 5) is 13.5. The summed E-state index contributed by atoms with van der Waals surface area (Å²) >= 11 is 0. The minimum absolute atomic E-state index is 0.0401. The molecule has 1 amide bonds. The van der Waals surface area contributed by atoms with E-state index in [0.717, 1.165) is 34.1 Å². The molecule has 0 saturated heterocycles. The van der Waals surface area contributed by atoms with Gasteiger partial charge < -0.3 is 24.3 Å². The number of hydrogen-bond acceptors (Lipinski definition) is 8. The van der Waals surface area contributed by atoms with Crippen LogP contribution in [0, 0.1) is 0 Å². The topological polar surface area (TPSA) is 109 Å². The molecular formula is C43H45NO8S. The number of hydrogen-bond donors (Lipinski definition) is 1. The Morgan fingerprint density at radius 3 is 1.53 bits per heavy atom. The summed E-state index contributed by atoms with van der Waals surface area (Å²) in [6.45, 7) is 0.279. The van der Waals surface area contributed by atoms with Crippen LogP contribution in [0.2, 0.25) is 0 Å². The molecule has 0 aliphatic heterocycles. The van der Waals surface area contributed by atoms with Crippen molar-refractivity contribution >= 4 is 22.3 Å². The fraction of sp³-hybridized carbons (Fsp3) is 0.233. The van der Waals surface area contributed by atoms with E-state index in [1.807, 2.05) is 158 Å². The van der Waals surface area contributed by atoms with Gasteiger partial charge in [-0.1, -0.05) is 164 Å². The molecule has 0 fully saturated rings. The molecule has 9 nitrogen and oxygen atoms in total. The molecule has 0 bridgehead atoms. The lowest BCUT2D eigenvalue weighted by Gasteiger charge is -2.36. The second-order valence-corrected chi connectivity index (χ2v) is 14.0. The zero-order chi connectivity index (χ0) is 37.1. The Bertz CT molecular complexity index is 1910. The van der Waals surface area contributed by atoms with Gasteiger partial charge in [0, 0.05) is 0 Å². The van der Waals surface area contributed by atoms with Gasteiger partial charge in [0.1, 0.15) is 24.9 Å². The monoisotopic (exact) mass is 735 g/mol. The molecule has 0 aliphatic rings. The predicted molar refractivity (Wildman–Crippen MR) is 205 cm³/mol. The van der Waals surface area contributed by atoms with Gasteiger partial charge in [-0.3, -0.25) is 4.18 Å². The van der Waals surface area contributed by atoms with Crippen LogP contribution >= 0.6 is 0 Å². The molecule has 276 valence electrons. The predicted octanol–water partition coefficient (Wildman–Crippen LogP) is 7.73. The van der Waals surface area contributed by atoms with E-state index in [1.165, 1.54) is 0 Å². The Labute approximate surface area is 312 Å². The van der Waals surface area contributed by atoms with Gasteiger partial charge in [-0.15, -0.1) is 0 Å². The molecule has 10 heteroatoms. The molecule has 53 heavy (non-hydrogen) atoms. The van der Waals surface area contributed by atoms with Crippen molar-refractivity contribution in [3.05, 3.63) is 186 Å². The van der Waals surface area contributed by atoms with Crippen LogP contribution < -0.4 is 5.32 Å². The first-order chi connectivity index (χ1) is 25.8. The van der Waals surface area contributed by atoms with Crippen molar-refractivity contribution in [3.8, 4) is 0 Å². The van der Waals surface area contributed by atoms with Crippen molar-refractivity contribution in [1.29, 1.82) is 0 Å². The number of amides is 1. The van der Waals surface area contributed by atoms with Gasteiger partial charge in [-0.25, -0.2) is 4.79 Å². The smallest absolute Gasteiger partial charge is 0.408 e. The molecule has 0 saturated carbocycles. The van der Waals surface area contributed by atoms with Gasteiger partial charge in [0.05, 0.1) is 38.7 Å². The Kier molecular flexibility index (Phi) is 15.4. The van der Waals surface area contributed by atoms with Crippen LogP contribution in [0.4, 0.5) is 4.79 Å². The lowest BCUT2D eigenvalue weighted by Crippen LogP contribution is -2.55. The van der Waals surface area contributed by atoms with Crippen molar-refractivity contribution in [1.82, 2.24) is 5.32 Å². The first kappa shape index (κ1) is 39.1. The summed E-state index contributed by atoms with van der Waals surface area (Å²) < 4.78 is 56.5. The highest BCUT2D eigenvalue weighted by atomic mass is 32.2. The Morgan fingerprint density at radius 1 is 0.604 bits per heavy atom. The summed E-state index contributed by atoms with van der Waals surface area (Å²) in [5.74, 6) is 0. The van der Waals surface area contributed by atoms with Crippen molar-refractivity contribution in [2.24, 2.45) is 0 Å².